The molecule has 1 atom stereocenters. The minimum absolute atomic E-state index is 0.275. The van der Waals surface area contributed by atoms with Gasteiger partial charge in [0.2, 0.25) is 5.91 Å². The van der Waals surface area contributed by atoms with Crippen LogP contribution in [0.25, 0.3) is 0 Å². The Morgan fingerprint density at radius 2 is 1.56 bits per heavy atom. The van der Waals surface area contributed by atoms with Crippen molar-refractivity contribution in [1.29, 1.82) is 0 Å². The summed E-state index contributed by atoms with van der Waals surface area (Å²) in [6, 6.07) is 9.42. The van der Waals surface area contributed by atoms with Crippen molar-refractivity contribution in [1.82, 2.24) is 5.32 Å². The molecular formula is C19H20F2N2O2. The van der Waals surface area contributed by atoms with Gasteiger partial charge < -0.3 is 10.6 Å². The molecule has 0 saturated carbocycles. The number of halogens is 2. The highest BCUT2D eigenvalue weighted by atomic mass is 19.1. The van der Waals surface area contributed by atoms with E-state index >= 15 is 0 Å². The normalized spacial score (nSPS) is 11.9. The first-order chi connectivity index (χ1) is 11.8. The van der Waals surface area contributed by atoms with E-state index in [9.17, 15) is 18.4 Å². The van der Waals surface area contributed by atoms with Crippen molar-refractivity contribution < 1.29 is 18.4 Å². The summed E-state index contributed by atoms with van der Waals surface area (Å²) in [6.45, 7) is 5.31. The molecule has 0 radical (unpaired) electrons. The summed E-state index contributed by atoms with van der Waals surface area (Å²) in [5.74, 6) is -3.63. The molecule has 2 amide bonds. The van der Waals surface area contributed by atoms with Crippen LogP contribution in [0.3, 0.4) is 0 Å². The van der Waals surface area contributed by atoms with E-state index in [1.165, 1.54) is 6.07 Å². The number of aryl methyl sites for hydroxylation is 1. The van der Waals surface area contributed by atoms with Crippen molar-refractivity contribution in [2.45, 2.75) is 26.8 Å². The first kappa shape index (κ1) is 18.6. The van der Waals surface area contributed by atoms with E-state index in [1.807, 2.05) is 19.1 Å². The molecule has 2 aromatic rings. The molecule has 0 aromatic heterocycles. The van der Waals surface area contributed by atoms with Crippen molar-refractivity contribution in [3.05, 3.63) is 65.2 Å². The molecule has 25 heavy (non-hydrogen) atoms. The molecule has 1 unspecified atom stereocenters. The van der Waals surface area contributed by atoms with Gasteiger partial charge in [-0.25, -0.2) is 8.78 Å². The number of benzene rings is 2. The number of amides is 2. The van der Waals surface area contributed by atoms with Crippen LogP contribution in [0.4, 0.5) is 14.5 Å². The molecule has 6 heteroatoms. The Morgan fingerprint density at radius 1 is 0.960 bits per heavy atom. The molecule has 0 fully saturated rings. The number of anilines is 1. The number of nitrogens with one attached hydrogen (secondary N) is 2. The van der Waals surface area contributed by atoms with E-state index < -0.39 is 35.1 Å². The molecule has 0 saturated heterocycles. The fraction of sp³-hybridized carbons (Fsp3) is 0.263. The standard InChI is InChI=1S/C19H20F2N2O2/c1-11(2)17(19(25)22-15-10-5-4-7-12(15)3)23-18(24)16-13(20)8-6-9-14(16)21/h4-11,17H,1-3H3,(H,22,25)(H,23,24). The summed E-state index contributed by atoms with van der Waals surface area (Å²) in [5, 5.41) is 5.16. The second kappa shape index (κ2) is 7.88. The summed E-state index contributed by atoms with van der Waals surface area (Å²) in [5.41, 5.74) is 0.783. The van der Waals surface area contributed by atoms with Crippen LogP contribution in [-0.4, -0.2) is 17.9 Å². The molecule has 0 bridgehead atoms. The van der Waals surface area contributed by atoms with Crippen molar-refractivity contribution >= 4 is 17.5 Å². The van der Waals surface area contributed by atoms with E-state index in [0.717, 1.165) is 17.7 Å². The molecule has 0 aliphatic rings. The fourth-order valence-electron chi connectivity index (χ4n) is 2.39. The second-order valence-corrected chi connectivity index (χ2v) is 6.10. The molecule has 0 aliphatic heterocycles. The molecular weight excluding hydrogens is 326 g/mol. The molecule has 2 rings (SSSR count). The molecule has 0 heterocycles. The van der Waals surface area contributed by atoms with Gasteiger partial charge in [0.15, 0.2) is 0 Å². The Hall–Kier alpha value is -2.76. The molecule has 4 nitrogen and oxygen atoms in total. The number of para-hydroxylation sites is 1. The first-order valence-corrected chi connectivity index (χ1v) is 7.92. The quantitative estimate of drug-likeness (QED) is 0.868. The highest BCUT2D eigenvalue weighted by Gasteiger charge is 2.27. The average Bonchev–Trinajstić information content (AvgIpc) is 2.54. The summed E-state index contributed by atoms with van der Waals surface area (Å²) >= 11 is 0. The third-order valence-corrected chi connectivity index (χ3v) is 3.83. The monoisotopic (exact) mass is 346 g/mol. The zero-order chi connectivity index (χ0) is 18.6. The highest BCUT2D eigenvalue weighted by molar-refractivity contribution is 6.01. The van der Waals surface area contributed by atoms with E-state index in [1.54, 1.807) is 26.0 Å². The lowest BCUT2D eigenvalue weighted by Crippen LogP contribution is -2.47. The van der Waals surface area contributed by atoms with Crippen LogP contribution in [0.2, 0.25) is 0 Å². The van der Waals surface area contributed by atoms with Gasteiger partial charge in [0.05, 0.1) is 0 Å². The summed E-state index contributed by atoms with van der Waals surface area (Å²) < 4.78 is 27.5. The number of hydrogen-bond donors (Lipinski definition) is 2. The lowest BCUT2D eigenvalue weighted by atomic mass is 10.0. The topological polar surface area (TPSA) is 58.2 Å². The van der Waals surface area contributed by atoms with Crippen molar-refractivity contribution in [2.75, 3.05) is 5.32 Å². The second-order valence-electron chi connectivity index (χ2n) is 6.10. The average molecular weight is 346 g/mol. The molecule has 2 aromatic carbocycles. The smallest absolute Gasteiger partial charge is 0.257 e. The maximum absolute atomic E-state index is 13.8. The number of carbonyl (C=O) groups excluding carboxylic acids is 2. The van der Waals surface area contributed by atoms with Crippen molar-refractivity contribution in [3.8, 4) is 0 Å². The Kier molecular flexibility index (Phi) is 5.85. The fourth-order valence-corrected chi connectivity index (χ4v) is 2.39. The summed E-state index contributed by atoms with van der Waals surface area (Å²) in [6.07, 6.45) is 0. The number of carbonyl (C=O) groups is 2. The zero-order valence-corrected chi connectivity index (χ0v) is 14.3. The van der Waals surface area contributed by atoms with E-state index in [-0.39, 0.29) is 5.92 Å². The molecule has 0 aliphatic carbocycles. The maximum Gasteiger partial charge on any atom is 0.257 e. The van der Waals surface area contributed by atoms with Gasteiger partial charge in [-0.3, -0.25) is 9.59 Å². The van der Waals surface area contributed by atoms with Crippen LogP contribution < -0.4 is 10.6 Å². The van der Waals surface area contributed by atoms with Gasteiger partial charge in [-0.15, -0.1) is 0 Å². The van der Waals surface area contributed by atoms with Gasteiger partial charge in [0.25, 0.3) is 5.91 Å². The van der Waals surface area contributed by atoms with Crippen LogP contribution in [0.15, 0.2) is 42.5 Å². The predicted molar refractivity (Wildman–Crippen MR) is 92.3 cm³/mol. The Labute approximate surface area is 145 Å². The van der Waals surface area contributed by atoms with E-state index in [0.29, 0.717) is 5.69 Å². The van der Waals surface area contributed by atoms with Crippen LogP contribution in [-0.2, 0) is 4.79 Å². The SMILES string of the molecule is Cc1ccccc1NC(=O)C(NC(=O)c1c(F)cccc1F)C(C)C. The van der Waals surface area contributed by atoms with Crippen LogP contribution in [0.5, 0.6) is 0 Å². The minimum Gasteiger partial charge on any atom is -0.340 e. The van der Waals surface area contributed by atoms with Gasteiger partial charge in [-0.05, 0) is 36.6 Å². The van der Waals surface area contributed by atoms with Crippen LogP contribution >= 0.6 is 0 Å². The largest absolute Gasteiger partial charge is 0.340 e. The van der Waals surface area contributed by atoms with Gasteiger partial charge in [-0.2, -0.15) is 0 Å². The van der Waals surface area contributed by atoms with Gasteiger partial charge in [0, 0.05) is 5.69 Å². The summed E-state index contributed by atoms with van der Waals surface area (Å²) in [7, 11) is 0. The van der Waals surface area contributed by atoms with Gasteiger partial charge >= 0.3 is 0 Å². The molecule has 0 spiro atoms. The first-order valence-electron chi connectivity index (χ1n) is 7.92. The number of rotatable bonds is 5. The number of hydrogen-bond acceptors (Lipinski definition) is 2. The van der Waals surface area contributed by atoms with Gasteiger partial charge in [0.1, 0.15) is 23.2 Å². The third kappa shape index (κ3) is 4.41. The Bertz CT molecular complexity index is 770. The molecule has 2 N–H and O–H groups in total. The lowest BCUT2D eigenvalue weighted by molar-refractivity contribution is -0.118. The van der Waals surface area contributed by atoms with Crippen molar-refractivity contribution in [3.63, 3.8) is 0 Å². The minimum atomic E-state index is -0.973. The van der Waals surface area contributed by atoms with Gasteiger partial charge in [-0.1, -0.05) is 38.1 Å². The summed E-state index contributed by atoms with van der Waals surface area (Å²) in [4.78, 5) is 24.8. The third-order valence-electron chi connectivity index (χ3n) is 3.83. The Morgan fingerprint density at radius 3 is 2.12 bits per heavy atom. The zero-order valence-electron chi connectivity index (χ0n) is 14.3. The van der Waals surface area contributed by atoms with E-state index in [2.05, 4.69) is 10.6 Å². The van der Waals surface area contributed by atoms with Crippen molar-refractivity contribution in [2.24, 2.45) is 5.92 Å². The predicted octanol–water partition coefficient (Wildman–Crippen LogP) is 3.67. The lowest BCUT2D eigenvalue weighted by Gasteiger charge is -2.22. The van der Waals surface area contributed by atoms with E-state index in [4.69, 9.17) is 0 Å². The van der Waals surface area contributed by atoms with Crippen LogP contribution in [0, 0.1) is 24.5 Å². The maximum atomic E-state index is 13.8. The highest BCUT2D eigenvalue weighted by Crippen LogP contribution is 2.16. The Balaban J connectivity index is 2.19. The molecule has 132 valence electrons. The van der Waals surface area contributed by atoms with Crippen LogP contribution in [0.1, 0.15) is 29.8 Å².